The predicted octanol–water partition coefficient (Wildman–Crippen LogP) is 3.96. The molecule has 1 fully saturated rings. The third-order valence-electron chi connectivity index (χ3n) is 4.27. The molecule has 0 aromatic heterocycles. The molecule has 0 radical (unpaired) electrons. The van der Waals surface area contributed by atoms with E-state index in [1.807, 2.05) is 6.92 Å². The molecule has 3 atom stereocenters. The minimum absolute atomic E-state index is 0.210. The van der Waals surface area contributed by atoms with Crippen molar-refractivity contribution in [1.82, 2.24) is 0 Å². The largest absolute Gasteiger partial charge is 0.393 e. The Kier molecular flexibility index (Phi) is 4.99. The highest BCUT2D eigenvalue weighted by Crippen LogP contribution is 2.51. The van der Waals surface area contributed by atoms with Gasteiger partial charge in [0.05, 0.1) is 6.10 Å². The minimum atomic E-state index is -0.210. The van der Waals surface area contributed by atoms with E-state index in [2.05, 4.69) is 20.8 Å². The third-order valence-corrected chi connectivity index (χ3v) is 4.27. The van der Waals surface area contributed by atoms with Gasteiger partial charge < -0.3 is 9.90 Å². The summed E-state index contributed by atoms with van der Waals surface area (Å²) in [5, 5.41) is 9.48. The highest BCUT2D eigenvalue weighted by molar-refractivity contribution is 5.75. The molecule has 0 aliphatic heterocycles. The Bertz CT molecular complexity index is 293. The van der Waals surface area contributed by atoms with E-state index >= 15 is 0 Å². The van der Waals surface area contributed by atoms with Crippen LogP contribution in [0.2, 0.25) is 0 Å². The Labute approximate surface area is 112 Å². The van der Waals surface area contributed by atoms with Crippen molar-refractivity contribution in [3.63, 3.8) is 0 Å². The van der Waals surface area contributed by atoms with Crippen molar-refractivity contribution >= 4 is 5.78 Å². The topological polar surface area (TPSA) is 37.3 Å². The van der Waals surface area contributed by atoms with Crippen LogP contribution >= 0.6 is 0 Å². The van der Waals surface area contributed by atoms with Crippen LogP contribution in [0.3, 0.4) is 0 Å². The smallest absolute Gasteiger partial charge is 0.130 e. The molecule has 1 saturated carbocycles. The van der Waals surface area contributed by atoms with Crippen LogP contribution in [0.25, 0.3) is 0 Å². The molecule has 0 spiro atoms. The number of hydrogen-bond donors (Lipinski definition) is 1. The fraction of sp³-hybridized carbons (Fsp3) is 0.938. The zero-order valence-electron chi connectivity index (χ0n) is 12.8. The summed E-state index contributed by atoms with van der Waals surface area (Å²) < 4.78 is 0. The van der Waals surface area contributed by atoms with Gasteiger partial charge in [-0.25, -0.2) is 0 Å². The first-order valence-electron chi connectivity index (χ1n) is 7.29. The molecule has 1 rings (SSSR count). The van der Waals surface area contributed by atoms with Crippen LogP contribution in [0.4, 0.5) is 0 Å². The monoisotopic (exact) mass is 254 g/mol. The summed E-state index contributed by atoms with van der Waals surface area (Å²) in [5.74, 6) is 0.848. The van der Waals surface area contributed by atoms with Gasteiger partial charge in [0.2, 0.25) is 0 Å². The van der Waals surface area contributed by atoms with Gasteiger partial charge in [0.15, 0.2) is 0 Å². The number of ketones is 1. The predicted molar refractivity (Wildman–Crippen MR) is 75.4 cm³/mol. The normalized spacial score (nSPS) is 33.1. The highest BCUT2D eigenvalue weighted by atomic mass is 16.3. The van der Waals surface area contributed by atoms with Gasteiger partial charge in [0.1, 0.15) is 5.78 Å². The Morgan fingerprint density at radius 3 is 2.44 bits per heavy atom. The summed E-state index contributed by atoms with van der Waals surface area (Å²) >= 11 is 0. The van der Waals surface area contributed by atoms with Crippen molar-refractivity contribution in [2.45, 2.75) is 79.2 Å². The van der Waals surface area contributed by atoms with Crippen LogP contribution < -0.4 is 0 Å². The lowest BCUT2D eigenvalue weighted by Crippen LogP contribution is -2.36. The summed E-state index contributed by atoms with van der Waals surface area (Å²) in [7, 11) is 0. The van der Waals surface area contributed by atoms with Gasteiger partial charge in [0.25, 0.3) is 0 Å². The SMILES string of the molecule is CC(=O)CC1CC(C)(C)CC(C)(CC[C@H](C)O)C1. The summed E-state index contributed by atoms with van der Waals surface area (Å²) in [6.45, 7) is 10.5. The van der Waals surface area contributed by atoms with Crippen LogP contribution in [0.1, 0.15) is 73.1 Å². The van der Waals surface area contributed by atoms with E-state index in [1.54, 1.807) is 6.92 Å². The number of hydrogen-bond acceptors (Lipinski definition) is 2. The van der Waals surface area contributed by atoms with Gasteiger partial charge in [-0.15, -0.1) is 0 Å². The van der Waals surface area contributed by atoms with Crippen LogP contribution in [0.5, 0.6) is 0 Å². The number of carbonyl (C=O) groups excluding carboxylic acids is 1. The number of rotatable bonds is 5. The Morgan fingerprint density at radius 2 is 1.94 bits per heavy atom. The molecule has 2 unspecified atom stereocenters. The van der Waals surface area contributed by atoms with E-state index in [4.69, 9.17) is 0 Å². The van der Waals surface area contributed by atoms with E-state index in [0.29, 0.717) is 22.5 Å². The van der Waals surface area contributed by atoms with Crippen LogP contribution in [0, 0.1) is 16.7 Å². The average Bonchev–Trinajstić information content (AvgIpc) is 2.10. The molecule has 0 amide bonds. The Balaban J connectivity index is 2.69. The Hall–Kier alpha value is -0.370. The van der Waals surface area contributed by atoms with Crippen LogP contribution in [-0.4, -0.2) is 17.0 Å². The average molecular weight is 254 g/mol. The molecule has 2 heteroatoms. The first-order valence-corrected chi connectivity index (χ1v) is 7.29. The quantitative estimate of drug-likeness (QED) is 0.806. The lowest BCUT2D eigenvalue weighted by molar-refractivity contribution is -0.119. The van der Waals surface area contributed by atoms with Gasteiger partial charge in [0, 0.05) is 6.42 Å². The molecule has 1 N–H and O–H groups in total. The molecule has 0 saturated heterocycles. The molecule has 1 aliphatic carbocycles. The number of aliphatic hydroxyl groups is 1. The second-order valence-electron chi connectivity index (χ2n) is 7.72. The fourth-order valence-electron chi connectivity index (χ4n) is 4.15. The molecule has 106 valence electrons. The van der Waals surface area contributed by atoms with Crippen LogP contribution in [-0.2, 0) is 4.79 Å². The first-order chi connectivity index (χ1) is 8.12. The van der Waals surface area contributed by atoms with Gasteiger partial charge >= 0.3 is 0 Å². The first kappa shape index (κ1) is 15.7. The molecular formula is C16H30O2. The van der Waals surface area contributed by atoms with Gasteiger partial charge in [-0.1, -0.05) is 20.8 Å². The third kappa shape index (κ3) is 5.09. The van der Waals surface area contributed by atoms with Crippen molar-refractivity contribution in [2.75, 3.05) is 0 Å². The summed E-state index contributed by atoms with van der Waals surface area (Å²) in [4.78, 5) is 11.4. The molecule has 2 nitrogen and oxygen atoms in total. The maximum Gasteiger partial charge on any atom is 0.130 e. The highest BCUT2D eigenvalue weighted by Gasteiger charge is 2.41. The van der Waals surface area contributed by atoms with E-state index in [0.717, 1.165) is 32.1 Å². The van der Waals surface area contributed by atoms with Gasteiger partial charge in [-0.2, -0.15) is 0 Å². The Morgan fingerprint density at radius 1 is 1.33 bits per heavy atom. The lowest BCUT2D eigenvalue weighted by Gasteiger charge is -2.47. The van der Waals surface area contributed by atoms with E-state index in [9.17, 15) is 9.90 Å². The number of Topliss-reactive ketones (excluding diaryl/α,β-unsaturated/α-hetero) is 1. The van der Waals surface area contributed by atoms with Crippen molar-refractivity contribution in [2.24, 2.45) is 16.7 Å². The van der Waals surface area contributed by atoms with E-state index in [1.165, 1.54) is 6.42 Å². The van der Waals surface area contributed by atoms with Crippen LogP contribution in [0.15, 0.2) is 0 Å². The molecule has 0 aromatic rings. The zero-order valence-corrected chi connectivity index (χ0v) is 12.8. The lowest BCUT2D eigenvalue weighted by atomic mass is 9.58. The van der Waals surface area contributed by atoms with Crippen molar-refractivity contribution in [3.8, 4) is 0 Å². The minimum Gasteiger partial charge on any atom is -0.393 e. The molecular weight excluding hydrogens is 224 g/mol. The molecule has 0 aromatic carbocycles. The standard InChI is InChI=1S/C16H30O2/c1-12(17)6-7-16(5)10-14(8-13(2)18)9-15(3,4)11-16/h12,14,17H,6-11H2,1-5H3/t12-,14?,16?/m0/s1. The molecule has 0 bridgehead atoms. The summed E-state index contributed by atoms with van der Waals surface area (Å²) in [6, 6.07) is 0. The van der Waals surface area contributed by atoms with Gasteiger partial charge in [-0.05, 0) is 62.7 Å². The van der Waals surface area contributed by atoms with Crippen molar-refractivity contribution in [1.29, 1.82) is 0 Å². The number of carbonyl (C=O) groups is 1. The van der Waals surface area contributed by atoms with Crippen molar-refractivity contribution in [3.05, 3.63) is 0 Å². The summed E-state index contributed by atoms with van der Waals surface area (Å²) in [5.41, 5.74) is 0.616. The maximum absolute atomic E-state index is 11.4. The fourth-order valence-corrected chi connectivity index (χ4v) is 4.15. The maximum atomic E-state index is 11.4. The van der Waals surface area contributed by atoms with Crippen molar-refractivity contribution < 1.29 is 9.90 Å². The molecule has 0 heterocycles. The zero-order chi connectivity index (χ0) is 14.0. The second-order valence-corrected chi connectivity index (χ2v) is 7.72. The molecule has 18 heavy (non-hydrogen) atoms. The van der Waals surface area contributed by atoms with Gasteiger partial charge in [-0.3, -0.25) is 0 Å². The number of aliphatic hydroxyl groups excluding tert-OH is 1. The second kappa shape index (κ2) is 5.73. The van der Waals surface area contributed by atoms with E-state index in [-0.39, 0.29) is 6.10 Å². The summed E-state index contributed by atoms with van der Waals surface area (Å²) in [6.07, 6.45) is 5.98. The van der Waals surface area contributed by atoms with E-state index < -0.39 is 0 Å². The molecule has 1 aliphatic rings.